The third kappa shape index (κ3) is 2.72. The standard InChI is InChI=1S/C26H27N3O2/c1-16(30)17-10-12-18(13-11-17)27-24(31)22-21-20-14-15-26(4,25(20,2)3)23(21)29(28-22)19-8-6-5-7-9-19/h5-13,20H,14-15H2,1-4H3,(H,27,31)/t20-,26-/m0/s1. The van der Waals surface area contributed by atoms with Crippen molar-refractivity contribution in [1.29, 1.82) is 0 Å². The van der Waals surface area contributed by atoms with Crippen LogP contribution in [0.1, 0.15) is 78.6 Å². The van der Waals surface area contributed by atoms with E-state index >= 15 is 0 Å². The van der Waals surface area contributed by atoms with Crippen LogP contribution in [-0.2, 0) is 5.41 Å². The fraction of sp³-hybridized carbons (Fsp3) is 0.346. The summed E-state index contributed by atoms with van der Waals surface area (Å²) in [4.78, 5) is 24.9. The lowest BCUT2D eigenvalue weighted by Crippen LogP contribution is -2.33. The molecule has 5 rings (SSSR count). The Morgan fingerprint density at radius 3 is 2.35 bits per heavy atom. The molecule has 5 heteroatoms. The van der Waals surface area contributed by atoms with Gasteiger partial charge < -0.3 is 5.32 Å². The quantitative estimate of drug-likeness (QED) is 0.574. The van der Waals surface area contributed by atoms with E-state index in [4.69, 9.17) is 5.10 Å². The molecule has 2 bridgehead atoms. The molecule has 1 heterocycles. The van der Waals surface area contributed by atoms with E-state index < -0.39 is 0 Å². The highest BCUT2D eigenvalue weighted by molar-refractivity contribution is 6.05. The van der Waals surface area contributed by atoms with Gasteiger partial charge in [-0.15, -0.1) is 0 Å². The summed E-state index contributed by atoms with van der Waals surface area (Å²) in [5.74, 6) is 0.114. The largest absolute Gasteiger partial charge is 0.321 e. The van der Waals surface area contributed by atoms with Gasteiger partial charge in [0, 0.05) is 22.2 Å². The number of para-hydroxylation sites is 1. The second-order valence-electron chi connectivity index (χ2n) is 9.59. The summed E-state index contributed by atoms with van der Waals surface area (Å²) >= 11 is 0. The summed E-state index contributed by atoms with van der Waals surface area (Å²) in [7, 11) is 0. The van der Waals surface area contributed by atoms with E-state index in [0.29, 0.717) is 22.9 Å². The van der Waals surface area contributed by atoms with Crippen LogP contribution in [-0.4, -0.2) is 21.5 Å². The topological polar surface area (TPSA) is 64.0 Å². The van der Waals surface area contributed by atoms with Gasteiger partial charge in [0.15, 0.2) is 11.5 Å². The molecule has 3 aromatic rings. The van der Waals surface area contributed by atoms with Crippen molar-refractivity contribution in [3.8, 4) is 5.69 Å². The minimum absolute atomic E-state index is 0.00352. The normalized spacial score (nSPS) is 22.9. The highest BCUT2D eigenvalue weighted by Gasteiger charge is 2.63. The van der Waals surface area contributed by atoms with Crippen LogP contribution < -0.4 is 5.32 Å². The van der Waals surface area contributed by atoms with Crippen LogP contribution in [0, 0.1) is 5.41 Å². The van der Waals surface area contributed by atoms with Crippen molar-refractivity contribution in [2.45, 2.75) is 51.9 Å². The van der Waals surface area contributed by atoms with Crippen LogP contribution in [0.4, 0.5) is 5.69 Å². The van der Waals surface area contributed by atoms with E-state index in [1.807, 2.05) is 35.0 Å². The summed E-state index contributed by atoms with van der Waals surface area (Å²) in [5.41, 5.74) is 5.08. The Balaban J connectivity index is 1.59. The molecule has 2 aliphatic rings. The number of ketones is 1. The number of rotatable bonds is 4. The van der Waals surface area contributed by atoms with Crippen LogP contribution in [0.3, 0.4) is 0 Å². The molecule has 1 aromatic heterocycles. The highest BCUT2D eigenvalue weighted by Crippen LogP contribution is 2.68. The molecule has 2 aliphatic carbocycles. The molecular formula is C26H27N3O2. The number of nitrogens with zero attached hydrogens (tertiary/aromatic N) is 2. The lowest BCUT2D eigenvalue weighted by Gasteiger charge is -2.35. The van der Waals surface area contributed by atoms with Crippen molar-refractivity contribution in [2.24, 2.45) is 5.41 Å². The summed E-state index contributed by atoms with van der Waals surface area (Å²) < 4.78 is 1.99. The van der Waals surface area contributed by atoms with Crippen molar-refractivity contribution in [3.05, 3.63) is 77.1 Å². The van der Waals surface area contributed by atoms with Crippen molar-refractivity contribution in [1.82, 2.24) is 9.78 Å². The Morgan fingerprint density at radius 2 is 1.71 bits per heavy atom. The van der Waals surface area contributed by atoms with E-state index in [9.17, 15) is 9.59 Å². The minimum atomic E-state index is -0.201. The van der Waals surface area contributed by atoms with Crippen molar-refractivity contribution < 1.29 is 9.59 Å². The van der Waals surface area contributed by atoms with Crippen molar-refractivity contribution in [3.63, 3.8) is 0 Å². The molecule has 31 heavy (non-hydrogen) atoms. The maximum atomic E-state index is 13.4. The number of hydrogen-bond acceptors (Lipinski definition) is 3. The average molecular weight is 414 g/mol. The third-order valence-corrected chi connectivity index (χ3v) is 7.78. The first-order valence-corrected chi connectivity index (χ1v) is 10.9. The molecule has 0 spiro atoms. The van der Waals surface area contributed by atoms with Crippen molar-refractivity contribution in [2.75, 3.05) is 5.32 Å². The van der Waals surface area contributed by atoms with E-state index in [1.54, 1.807) is 24.3 Å². The zero-order chi connectivity index (χ0) is 22.0. The summed E-state index contributed by atoms with van der Waals surface area (Å²) in [5, 5.41) is 7.84. The SMILES string of the molecule is CC(=O)c1ccc(NC(=O)c2nn(-c3ccccc3)c3c2[C@@H]2CC[C@]3(C)C2(C)C)cc1. The zero-order valence-corrected chi connectivity index (χ0v) is 18.4. The third-order valence-electron chi connectivity index (χ3n) is 7.78. The van der Waals surface area contributed by atoms with E-state index in [0.717, 1.165) is 24.1 Å². The molecule has 1 saturated carbocycles. The lowest BCUT2D eigenvalue weighted by molar-refractivity contribution is 0.101. The number of hydrogen-bond donors (Lipinski definition) is 1. The van der Waals surface area contributed by atoms with Gasteiger partial charge in [-0.1, -0.05) is 39.0 Å². The first-order valence-electron chi connectivity index (χ1n) is 10.9. The Hall–Kier alpha value is -3.21. The van der Waals surface area contributed by atoms with E-state index in [2.05, 4.69) is 26.1 Å². The monoisotopic (exact) mass is 413 g/mol. The van der Waals surface area contributed by atoms with Gasteiger partial charge in [-0.3, -0.25) is 9.59 Å². The number of anilines is 1. The smallest absolute Gasteiger partial charge is 0.276 e. The number of aromatic nitrogens is 2. The van der Waals surface area contributed by atoms with Crippen LogP contribution >= 0.6 is 0 Å². The fourth-order valence-corrected chi connectivity index (χ4v) is 5.62. The van der Waals surface area contributed by atoms with Gasteiger partial charge in [-0.05, 0) is 67.5 Å². The van der Waals surface area contributed by atoms with Gasteiger partial charge in [0.25, 0.3) is 5.91 Å². The van der Waals surface area contributed by atoms with E-state index in [1.165, 1.54) is 12.6 Å². The van der Waals surface area contributed by atoms with E-state index in [-0.39, 0.29) is 22.5 Å². The Bertz CT molecular complexity index is 1190. The van der Waals surface area contributed by atoms with Gasteiger partial charge in [0.1, 0.15) is 0 Å². The second kappa shape index (κ2) is 6.64. The molecule has 5 nitrogen and oxygen atoms in total. The minimum Gasteiger partial charge on any atom is -0.321 e. The molecule has 1 N–H and O–H groups in total. The Kier molecular flexibility index (Phi) is 4.23. The molecule has 1 amide bonds. The Morgan fingerprint density at radius 1 is 1.03 bits per heavy atom. The number of Topliss-reactive ketones (excluding diaryl/α,β-unsaturated/α-hetero) is 1. The average Bonchev–Trinajstić information content (AvgIpc) is 3.31. The van der Waals surface area contributed by atoms with Crippen LogP contribution in [0.5, 0.6) is 0 Å². The van der Waals surface area contributed by atoms with Gasteiger partial charge in [0.2, 0.25) is 0 Å². The lowest BCUT2D eigenvalue weighted by atomic mass is 9.70. The number of carbonyl (C=O) groups excluding carboxylic acids is 2. The number of fused-ring (bicyclic) bond motifs is 5. The number of amides is 1. The van der Waals surface area contributed by atoms with Gasteiger partial charge in [0.05, 0.1) is 11.4 Å². The van der Waals surface area contributed by atoms with Gasteiger partial charge in [-0.2, -0.15) is 5.10 Å². The number of benzene rings is 2. The van der Waals surface area contributed by atoms with Crippen LogP contribution in [0.25, 0.3) is 5.69 Å². The molecular weight excluding hydrogens is 386 g/mol. The van der Waals surface area contributed by atoms with Crippen LogP contribution in [0.2, 0.25) is 0 Å². The number of nitrogens with one attached hydrogen (secondary N) is 1. The predicted octanol–water partition coefficient (Wildman–Crippen LogP) is 5.50. The molecule has 0 aliphatic heterocycles. The second-order valence-corrected chi connectivity index (χ2v) is 9.59. The summed E-state index contributed by atoms with van der Waals surface area (Å²) in [6.07, 6.45) is 2.17. The fourth-order valence-electron chi connectivity index (χ4n) is 5.62. The molecule has 2 aromatic carbocycles. The summed E-state index contributed by atoms with van der Waals surface area (Å²) in [6, 6.07) is 17.1. The zero-order valence-electron chi connectivity index (χ0n) is 18.4. The maximum absolute atomic E-state index is 13.4. The molecule has 0 saturated heterocycles. The molecule has 1 fully saturated rings. The van der Waals surface area contributed by atoms with Crippen molar-refractivity contribution >= 4 is 17.4 Å². The first kappa shape index (κ1) is 19.7. The molecule has 0 radical (unpaired) electrons. The Labute approximate surface area is 182 Å². The predicted molar refractivity (Wildman–Crippen MR) is 121 cm³/mol. The van der Waals surface area contributed by atoms with Crippen LogP contribution in [0.15, 0.2) is 54.6 Å². The highest BCUT2D eigenvalue weighted by atomic mass is 16.2. The maximum Gasteiger partial charge on any atom is 0.276 e. The molecule has 2 atom stereocenters. The molecule has 158 valence electrons. The van der Waals surface area contributed by atoms with Gasteiger partial charge in [-0.25, -0.2) is 4.68 Å². The number of carbonyl (C=O) groups is 2. The van der Waals surface area contributed by atoms with Gasteiger partial charge >= 0.3 is 0 Å². The first-order chi connectivity index (χ1) is 14.7. The summed E-state index contributed by atoms with van der Waals surface area (Å²) in [6.45, 7) is 8.50. The molecule has 0 unspecified atom stereocenters.